The second-order valence-electron chi connectivity index (χ2n) is 5.41. The molecule has 0 aliphatic carbocycles. The summed E-state index contributed by atoms with van der Waals surface area (Å²) in [4.78, 5) is 0. The van der Waals surface area contributed by atoms with Gasteiger partial charge in [-0.2, -0.15) is 0 Å². The number of nitrogens with one attached hydrogen (secondary N) is 1. The summed E-state index contributed by atoms with van der Waals surface area (Å²) in [5, 5.41) is 3.47. The van der Waals surface area contributed by atoms with Gasteiger partial charge in [0.1, 0.15) is 5.75 Å². The van der Waals surface area contributed by atoms with Crippen LogP contribution in [-0.2, 0) is 11.3 Å². The smallest absolute Gasteiger partial charge is 0.119 e. The van der Waals surface area contributed by atoms with Gasteiger partial charge in [-0.25, -0.2) is 0 Å². The predicted octanol–water partition coefficient (Wildman–Crippen LogP) is 3.13. The first-order chi connectivity index (χ1) is 9.24. The number of rotatable bonds is 7. The van der Waals surface area contributed by atoms with Crippen molar-refractivity contribution < 1.29 is 9.47 Å². The first-order valence-electron chi connectivity index (χ1n) is 7.32. The molecule has 1 saturated heterocycles. The van der Waals surface area contributed by atoms with Crippen molar-refractivity contribution in [3.63, 3.8) is 0 Å². The maximum atomic E-state index is 5.63. The fourth-order valence-corrected chi connectivity index (χ4v) is 2.33. The molecule has 1 unspecified atom stereocenters. The van der Waals surface area contributed by atoms with Crippen LogP contribution in [0.3, 0.4) is 0 Å². The largest absolute Gasteiger partial charge is 0.491 e. The van der Waals surface area contributed by atoms with Crippen LogP contribution in [0.4, 0.5) is 0 Å². The molecule has 1 N–H and O–H groups in total. The molecule has 3 heteroatoms. The molecule has 1 aliphatic rings. The van der Waals surface area contributed by atoms with Crippen molar-refractivity contribution in [3.8, 4) is 5.75 Å². The van der Waals surface area contributed by atoms with Gasteiger partial charge in [0.2, 0.25) is 0 Å². The van der Waals surface area contributed by atoms with E-state index in [0.717, 1.165) is 31.9 Å². The van der Waals surface area contributed by atoms with Gasteiger partial charge < -0.3 is 14.8 Å². The second kappa shape index (κ2) is 7.51. The van der Waals surface area contributed by atoms with Gasteiger partial charge >= 0.3 is 0 Å². The van der Waals surface area contributed by atoms with Crippen LogP contribution in [-0.4, -0.2) is 25.4 Å². The zero-order chi connectivity index (χ0) is 13.5. The summed E-state index contributed by atoms with van der Waals surface area (Å²) in [5.74, 6) is 0.943. The Morgan fingerprint density at radius 3 is 2.74 bits per heavy atom. The van der Waals surface area contributed by atoms with Crippen LogP contribution in [0, 0.1) is 0 Å². The number of ether oxygens (including phenoxy) is 2. The van der Waals surface area contributed by atoms with Gasteiger partial charge in [-0.05, 0) is 57.4 Å². The molecule has 0 saturated carbocycles. The number of hydrogen-bond acceptors (Lipinski definition) is 3. The summed E-state index contributed by atoms with van der Waals surface area (Å²) in [6.45, 7) is 6.96. The summed E-state index contributed by atoms with van der Waals surface area (Å²) in [6.07, 6.45) is 4.28. The fourth-order valence-electron chi connectivity index (χ4n) is 2.33. The third-order valence-corrected chi connectivity index (χ3v) is 3.29. The summed E-state index contributed by atoms with van der Waals surface area (Å²) < 4.78 is 11.2. The highest BCUT2D eigenvalue weighted by atomic mass is 16.5. The van der Waals surface area contributed by atoms with Gasteiger partial charge in [0.25, 0.3) is 0 Å². The quantitative estimate of drug-likeness (QED) is 0.767. The van der Waals surface area contributed by atoms with Crippen LogP contribution < -0.4 is 10.1 Å². The summed E-state index contributed by atoms with van der Waals surface area (Å²) >= 11 is 0. The molecule has 1 aliphatic heterocycles. The number of benzene rings is 1. The standard InChI is InChI=1S/C16H25NO2/c1-13(2)19-16-7-5-14(6-8-16)12-17-10-9-15-4-3-11-18-15/h5-8,13,15,17H,3-4,9-12H2,1-2H3. The van der Waals surface area contributed by atoms with Gasteiger partial charge in [0.15, 0.2) is 0 Å². The Hall–Kier alpha value is -1.06. The second-order valence-corrected chi connectivity index (χ2v) is 5.41. The Balaban J connectivity index is 1.65. The highest BCUT2D eigenvalue weighted by Gasteiger charge is 2.14. The SMILES string of the molecule is CC(C)Oc1ccc(CNCCC2CCCO2)cc1. The Kier molecular flexibility index (Phi) is 5.67. The minimum absolute atomic E-state index is 0.232. The van der Waals surface area contributed by atoms with E-state index in [0.29, 0.717) is 6.10 Å². The van der Waals surface area contributed by atoms with Crippen molar-refractivity contribution in [3.05, 3.63) is 29.8 Å². The van der Waals surface area contributed by atoms with Crippen molar-refractivity contribution >= 4 is 0 Å². The lowest BCUT2D eigenvalue weighted by molar-refractivity contribution is 0.104. The molecular weight excluding hydrogens is 238 g/mol. The molecule has 1 fully saturated rings. The van der Waals surface area contributed by atoms with E-state index >= 15 is 0 Å². The third kappa shape index (κ3) is 5.21. The Morgan fingerprint density at radius 2 is 2.11 bits per heavy atom. The van der Waals surface area contributed by atoms with E-state index < -0.39 is 0 Å². The zero-order valence-corrected chi connectivity index (χ0v) is 12.0. The van der Waals surface area contributed by atoms with E-state index in [1.54, 1.807) is 0 Å². The molecule has 2 rings (SSSR count). The van der Waals surface area contributed by atoms with Gasteiger partial charge in [0, 0.05) is 13.2 Å². The first-order valence-corrected chi connectivity index (χ1v) is 7.32. The molecule has 0 aromatic heterocycles. The topological polar surface area (TPSA) is 30.5 Å². The van der Waals surface area contributed by atoms with E-state index in [9.17, 15) is 0 Å². The molecule has 1 aromatic rings. The Labute approximate surface area is 116 Å². The molecule has 1 atom stereocenters. The molecule has 0 amide bonds. The monoisotopic (exact) mass is 263 g/mol. The molecule has 1 heterocycles. The van der Waals surface area contributed by atoms with Crippen molar-refractivity contribution in [2.24, 2.45) is 0 Å². The average Bonchev–Trinajstić information content (AvgIpc) is 2.89. The average molecular weight is 263 g/mol. The lowest BCUT2D eigenvalue weighted by Gasteiger charge is -2.11. The van der Waals surface area contributed by atoms with Crippen molar-refractivity contribution in [1.82, 2.24) is 5.32 Å². The minimum Gasteiger partial charge on any atom is -0.491 e. The van der Waals surface area contributed by atoms with Crippen molar-refractivity contribution in [2.75, 3.05) is 13.2 Å². The minimum atomic E-state index is 0.232. The fraction of sp³-hybridized carbons (Fsp3) is 0.625. The van der Waals surface area contributed by atoms with Crippen molar-refractivity contribution in [1.29, 1.82) is 0 Å². The lowest BCUT2D eigenvalue weighted by atomic mass is 10.2. The van der Waals surface area contributed by atoms with Gasteiger partial charge in [0.05, 0.1) is 12.2 Å². The molecule has 0 radical (unpaired) electrons. The molecule has 1 aromatic carbocycles. The van der Waals surface area contributed by atoms with Crippen LogP contribution >= 0.6 is 0 Å². The Morgan fingerprint density at radius 1 is 1.32 bits per heavy atom. The summed E-state index contributed by atoms with van der Waals surface area (Å²) in [5.41, 5.74) is 1.29. The molecular formula is C16H25NO2. The molecule has 3 nitrogen and oxygen atoms in total. The highest BCUT2D eigenvalue weighted by Crippen LogP contribution is 2.15. The molecule has 0 bridgehead atoms. The molecule has 106 valence electrons. The van der Waals surface area contributed by atoms with Crippen LogP contribution in [0.2, 0.25) is 0 Å². The maximum Gasteiger partial charge on any atom is 0.119 e. The highest BCUT2D eigenvalue weighted by molar-refractivity contribution is 5.27. The summed E-state index contributed by atoms with van der Waals surface area (Å²) in [7, 11) is 0. The number of hydrogen-bond donors (Lipinski definition) is 1. The molecule has 0 spiro atoms. The van der Waals surface area contributed by atoms with E-state index in [-0.39, 0.29) is 6.10 Å². The predicted molar refractivity (Wildman–Crippen MR) is 77.5 cm³/mol. The van der Waals surface area contributed by atoms with E-state index in [4.69, 9.17) is 9.47 Å². The zero-order valence-electron chi connectivity index (χ0n) is 12.0. The third-order valence-electron chi connectivity index (χ3n) is 3.29. The van der Waals surface area contributed by atoms with Gasteiger partial charge in [-0.15, -0.1) is 0 Å². The van der Waals surface area contributed by atoms with Crippen LogP contribution in [0.15, 0.2) is 24.3 Å². The Bertz CT molecular complexity index is 356. The molecule has 19 heavy (non-hydrogen) atoms. The lowest BCUT2D eigenvalue weighted by Crippen LogP contribution is -2.19. The van der Waals surface area contributed by atoms with E-state index in [1.807, 2.05) is 26.0 Å². The first kappa shape index (κ1) is 14.4. The summed E-state index contributed by atoms with van der Waals surface area (Å²) in [6, 6.07) is 8.32. The normalized spacial score (nSPS) is 19.0. The van der Waals surface area contributed by atoms with Crippen LogP contribution in [0.25, 0.3) is 0 Å². The van der Waals surface area contributed by atoms with Crippen LogP contribution in [0.1, 0.15) is 38.7 Å². The van der Waals surface area contributed by atoms with E-state index in [2.05, 4.69) is 17.4 Å². The van der Waals surface area contributed by atoms with Crippen molar-refractivity contribution in [2.45, 2.75) is 51.9 Å². The van der Waals surface area contributed by atoms with Crippen LogP contribution in [0.5, 0.6) is 5.75 Å². The van der Waals surface area contributed by atoms with Gasteiger partial charge in [-0.1, -0.05) is 12.1 Å². The van der Waals surface area contributed by atoms with E-state index in [1.165, 1.54) is 18.4 Å². The maximum absolute atomic E-state index is 5.63. The van der Waals surface area contributed by atoms with Gasteiger partial charge in [-0.3, -0.25) is 0 Å².